The number of esters is 1. The van der Waals surface area contributed by atoms with E-state index in [4.69, 9.17) is 4.74 Å². The normalized spacial score (nSPS) is 13.0. The number of carbonyl (C=O) groups is 2. The summed E-state index contributed by atoms with van der Waals surface area (Å²) in [5.74, 6) is -0.344. The summed E-state index contributed by atoms with van der Waals surface area (Å²) >= 11 is 1.64. The number of carbonyl (C=O) groups excluding carboxylic acids is 2. The molecule has 0 saturated carbocycles. The van der Waals surface area contributed by atoms with Gasteiger partial charge in [-0.25, -0.2) is 0 Å². The van der Waals surface area contributed by atoms with Crippen molar-refractivity contribution in [3.05, 3.63) is 12.2 Å². The third kappa shape index (κ3) is 7.51. The zero-order valence-corrected chi connectivity index (χ0v) is 8.49. The van der Waals surface area contributed by atoms with Crippen molar-refractivity contribution in [1.82, 2.24) is 0 Å². The molecule has 0 bridgehead atoms. The van der Waals surface area contributed by atoms with Crippen LogP contribution >= 0.6 is 22.6 Å². The van der Waals surface area contributed by atoms with Crippen LogP contribution in [0.4, 0.5) is 0 Å². The van der Waals surface area contributed by atoms with E-state index in [0.717, 1.165) is 0 Å². The Labute approximate surface area is 78.9 Å². The van der Waals surface area contributed by atoms with Gasteiger partial charge in [0.05, 0.1) is 0 Å². The lowest BCUT2D eigenvalue weighted by atomic mass is 10.3. The van der Waals surface area contributed by atoms with Crippen molar-refractivity contribution in [3.8, 4) is 0 Å². The van der Waals surface area contributed by atoms with Crippen LogP contribution in [0.5, 0.6) is 0 Å². The van der Waals surface area contributed by atoms with E-state index < -0.39 is 0 Å². The van der Waals surface area contributed by atoms with E-state index in [0.29, 0.717) is 0 Å². The molecule has 0 rings (SSSR count). The van der Waals surface area contributed by atoms with Crippen LogP contribution in [0.1, 0.15) is 13.8 Å². The van der Waals surface area contributed by atoms with Crippen LogP contribution in [-0.2, 0) is 14.3 Å². The highest BCUT2D eigenvalue weighted by atomic mass is 127. The number of allylic oxidation sites excluding steroid dienone is 1. The molecule has 4 heteroatoms. The molecular formula is C7H9IO3. The van der Waals surface area contributed by atoms with Gasteiger partial charge in [-0.05, 0) is 19.1 Å². The minimum Gasteiger partial charge on any atom is -0.459 e. The smallest absolute Gasteiger partial charge is 0.303 e. The molecule has 0 aliphatic heterocycles. The lowest BCUT2D eigenvalue weighted by Crippen LogP contribution is -2.08. The van der Waals surface area contributed by atoms with Crippen molar-refractivity contribution in [2.75, 3.05) is 0 Å². The van der Waals surface area contributed by atoms with Crippen LogP contribution in [0.15, 0.2) is 12.2 Å². The first-order chi connectivity index (χ1) is 5.02. The fraction of sp³-hybridized carbons (Fsp3) is 0.429. The first-order valence-corrected chi connectivity index (χ1v) is 4.15. The Hall–Kier alpha value is -0.390. The lowest BCUT2D eigenvalue weighted by Gasteiger charge is -2.04. The lowest BCUT2D eigenvalue weighted by molar-refractivity contribution is -0.143. The van der Waals surface area contributed by atoms with Gasteiger partial charge in [0, 0.05) is 29.5 Å². The van der Waals surface area contributed by atoms with Gasteiger partial charge in [0.1, 0.15) is 6.10 Å². The third-order valence-corrected chi connectivity index (χ3v) is 1.21. The van der Waals surface area contributed by atoms with Gasteiger partial charge in [0.25, 0.3) is 0 Å². The molecule has 0 aliphatic carbocycles. The van der Waals surface area contributed by atoms with Crippen LogP contribution in [0.25, 0.3) is 0 Å². The van der Waals surface area contributed by atoms with E-state index in [1.54, 1.807) is 29.5 Å². The van der Waals surface area contributed by atoms with Crippen molar-refractivity contribution < 1.29 is 14.3 Å². The van der Waals surface area contributed by atoms with Crippen molar-refractivity contribution >= 4 is 32.4 Å². The summed E-state index contributed by atoms with van der Waals surface area (Å²) in [6, 6.07) is 0. The van der Waals surface area contributed by atoms with Gasteiger partial charge in [-0.1, -0.05) is 0 Å². The SMILES string of the molecule is CC(=O)O[C@@H](C)/C=C\C(=O)I. The maximum absolute atomic E-state index is 10.4. The highest BCUT2D eigenvalue weighted by Gasteiger charge is 1.99. The summed E-state index contributed by atoms with van der Waals surface area (Å²) < 4.78 is 4.64. The van der Waals surface area contributed by atoms with E-state index in [-0.39, 0.29) is 15.9 Å². The number of hydrogen-bond acceptors (Lipinski definition) is 3. The predicted molar refractivity (Wildman–Crippen MR) is 49.4 cm³/mol. The Bertz CT molecular complexity index is 186. The molecule has 0 radical (unpaired) electrons. The molecule has 0 N–H and O–H groups in total. The Balaban J connectivity index is 3.77. The zero-order valence-electron chi connectivity index (χ0n) is 6.33. The van der Waals surface area contributed by atoms with Crippen LogP contribution in [0, 0.1) is 0 Å². The van der Waals surface area contributed by atoms with Crippen LogP contribution in [0.3, 0.4) is 0 Å². The van der Waals surface area contributed by atoms with E-state index in [1.807, 2.05) is 0 Å². The number of halogens is 1. The molecule has 0 aromatic carbocycles. The minimum atomic E-state index is -0.344. The van der Waals surface area contributed by atoms with Gasteiger partial charge in [0.2, 0.25) is 3.79 Å². The Morgan fingerprint density at radius 3 is 2.45 bits per heavy atom. The Morgan fingerprint density at radius 1 is 1.55 bits per heavy atom. The molecule has 0 aromatic rings. The monoisotopic (exact) mass is 268 g/mol. The summed E-state index contributed by atoms with van der Waals surface area (Å²) in [6.07, 6.45) is 2.58. The van der Waals surface area contributed by atoms with Gasteiger partial charge in [-0.3, -0.25) is 9.59 Å². The predicted octanol–water partition coefficient (Wildman–Crippen LogP) is 1.46. The summed E-state index contributed by atoms with van der Waals surface area (Å²) in [7, 11) is 0. The topological polar surface area (TPSA) is 43.4 Å². The maximum Gasteiger partial charge on any atom is 0.303 e. The van der Waals surface area contributed by atoms with Crippen molar-refractivity contribution in [2.24, 2.45) is 0 Å². The molecule has 0 aliphatic rings. The van der Waals surface area contributed by atoms with E-state index in [1.165, 1.54) is 19.1 Å². The van der Waals surface area contributed by atoms with Crippen LogP contribution in [0.2, 0.25) is 0 Å². The summed E-state index contributed by atoms with van der Waals surface area (Å²) in [5, 5.41) is 0. The molecule has 0 fully saturated rings. The Morgan fingerprint density at radius 2 is 2.09 bits per heavy atom. The number of rotatable bonds is 3. The summed E-state index contributed by atoms with van der Waals surface area (Å²) in [5.41, 5.74) is 0. The zero-order chi connectivity index (χ0) is 8.85. The molecule has 0 aromatic heterocycles. The average molecular weight is 268 g/mol. The largest absolute Gasteiger partial charge is 0.459 e. The molecule has 1 atom stereocenters. The second-order valence-electron chi connectivity index (χ2n) is 1.98. The minimum absolute atomic E-state index is 0.0818. The standard InChI is InChI=1S/C7H9IO3/c1-5(11-6(2)9)3-4-7(8)10/h3-5H,1-2H3/b4-3-/t5-/m0/s1. The molecule has 0 unspecified atom stereocenters. The third-order valence-electron chi connectivity index (χ3n) is 0.850. The summed E-state index contributed by atoms with van der Waals surface area (Å²) in [6.45, 7) is 3.02. The van der Waals surface area contributed by atoms with Crippen molar-refractivity contribution in [3.63, 3.8) is 0 Å². The molecule has 62 valence electrons. The highest BCUT2D eigenvalue weighted by molar-refractivity contribution is 14.1. The van der Waals surface area contributed by atoms with Crippen molar-refractivity contribution in [2.45, 2.75) is 20.0 Å². The molecule has 3 nitrogen and oxygen atoms in total. The van der Waals surface area contributed by atoms with E-state index in [2.05, 4.69) is 0 Å². The first-order valence-electron chi connectivity index (χ1n) is 3.07. The molecule has 0 amide bonds. The van der Waals surface area contributed by atoms with Gasteiger partial charge < -0.3 is 4.74 Å². The second kappa shape index (κ2) is 5.29. The maximum atomic E-state index is 10.4. The van der Waals surface area contributed by atoms with Crippen LogP contribution in [-0.4, -0.2) is 15.9 Å². The van der Waals surface area contributed by atoms with E-state index >= 15 is 0 Å². The quantitative estimate of drug-likeness (QED) is 0.337. The molecule has 11 heavy (non-hydrogen) atoms. The number of ether oxygens (including phenoxy) is 1. The van der Waals surface area contributed by atoms with Gasteiger partial charge in [-0.2, -0.15) is 0 Å². The average Bonchev–Trinajstić information content (AvgIpc) is 1.82. The molecule has 0 saturated heterocycles. The van der Waals surface area contributed by atoms with Gasteiger partial charge >= 0.3 is 5.97 Å². The molecule has 0 spiro atoms. The van der Waals surface area contributed by atoms with Crippen molar-refractivity contribution in [1.29, 1.82) is 0 Å². The van der Waals surface area contributed by atoms with Crippen LogP contribution < -0.4 is 0 Å². The first kappa shape index (κ1) is 10.6. The molecular weight excluding hydrogens is 259 g/mol. The second-order valence-corrected chi connectivity index (χ2v) is 3.04. The fourth-order valence-electron chi connectivity index (χ4n) is 0.512. The highest BCUT2D eigenvalue weighted by Crippen LogP contribution is 1.95. The Kier molecular flexibility index (Phi) is 5.10. The molecule has 0 heterocycles. The van der Waals surface area contributed by atoms with E-state index in [9.17, 15) is 9.59 Å². The van der Waals surface area contributed by atoms with Gasteiger partial charge in [0.15, 0.2) is 0 Å². The number of hydrogen-bond donors (Lipinski definition) is 0. The van der Waals surface area contributed by atoms with Gasteiger partial charge in [-0.15, -0.1) is 0 Å². The fourth-order valence-corrected chi connectivity index (χ4v) is 0.720. The summed E-state index contributed by atoms with van der Waals surface area (Å²) in [4.78, 5) is 20.7.